The quantitative estimate of drug-likeness (QED) is 0.850. The molecule has 0 atom stereocenters. The Morgan fingerprint density at radius 3 is 2.93 bits per heavy atom. The van der Waals surface area contributed by atoms with Crippen molar-refractivity contribution in [3.63, 3.8) is 0 Å². The predicted octanol–water partition coefficient (Wildman–Crippen LogP) is 4.14. The van der Waals surface area contributed by atoms with Crippen LogP contribution in [0.15, 0.2) is 34.4 Å². The van der Waals surface area contributed by atoms with Gasteiger partial charge in [0.2, 0.25) is 0 Å². The van der Waals surface area contributed by atoms with Crippen LogP contribution < -0.4 is 4.74 Å². The number of rotatable bonds is 3. The SMILES string of the molecule is Clc1cncc(OCc2cc(Br)cs2)c1. The van der Waals surface area contributed by atoms with Crippen LogP contribution in [-0.2, 0) is 6.61 Å². The molecule has 15 heavy (non-hydrogen) atoms. The average molecular weight is 305 g/mol. The highest BCUT2D eigenvalue weighted by molar-refractivity contribution is 9.10. The number of hydrogen-bond acceptors (Lipinski definition) is 3. The van der Waals surface area contributed by atoms with Gasteiger partial charge >= 0.3 is 0 Å². The van der Waals surface area contributed by atoms with E-state index in [9.17, 15) is 0 Å². The molecule has 0 saturated heterocycles. The summed E-state index contributed by atoms with van der Waals surface area (Å²) in [6.07, 6.45) is 3.23. The Kier molecular flexibility index (Phi) is 3.61. The number of pyridine rings is 1. The zero-order chi connectivity index (χ0) is 10.7. The summed E-state index contributed by atoms with van der Waals surface area (Å²) >= 11 is 10.8. The number of ether oxygens (including phenoxy) is 1. The van der Waals surface area contributed by atoms with E-state index in [1.807, 2.05) is 11.4 Å². The first kappa shape index (κ1) is 10.9. The smallest absolute Gasteiger partial charge is 0.139 e. The van der Waals surface area contributed by atoms with Crippen molar-refractivity contribution in [1.29, 1.82) is 0 Å². The number of hydrogen-bond donors (Lipinski definition) is 0. The lowest BCUT2D eigenvalue weighted by molar-refractivity contribution is 0.308. The number of halogens is 2. The molecule has 2 aromatic rings. The van der Waals surface area contributed by atoms with Crippen molar-refractivity contribution in [3.05, 3.63) is 44.3 Å². The number of nitrogens with zero attached hydrogens (tertiary/aromatic N) is 1. The van der Waals surface area contributed by atoms with Crippen LogP contribution in [0, 0.1) is 0 Å². The van der Waals surface area contributed by atoms with E-state index in [2.05, 4.69) is 20.9 Å². The van der Waals surface area contributed by atoms with E-state index in [1.165, 1.54) is 0 Å². The molecule has 0 fully saturated rings. The zero-order valence-electron chi connectivity index (χ0n) is 7.61. The summed E-state index contributed by atoms with van der Waals surface area (Å²) in [6.45, 7) is 0.540. The van der Waals surface area contributed by atoms with Gasteiger partial charge in [0.05, 0.1) is 11.2 Å². The number of aromatic nitrogens is 1. The van der Waals surface area contributed by atoms with Crippen molar-refractivity contribution in [2.75, 3.05) is 0 Å². The zero-order valence-corrected chi connectivity index (χ0v) is 10.8. The van der Waals surface area contributed by atoms with E-state index in [1.54, 1.807) is 29.8 Å². The van der Waals surface area contributed by atoms with Crippen LogP contribution in [0.4, 0.5) is 0 Å². The Bertz CT molecular complexity index is 460. The van der Waals surface area contributed by atoms with Gasteiger partial charge in [-0.1, -0.05) is 11.6 Å². The fourth-order valence-electron chi connectivity index (χ4n) is 1.06. The van der Waals surface area contributed by atoms with Gasteiger partial charge in [0.1, 0.15) is 12.4 Å². The predicted molar refractivity (Wildman–Crippen MR) is 65.6 cm³/mol. The summed E-state index contributed by atoms with van der Waals surface area (Å²) in [5, 5.41) is 2.61. The minimum atomic E-state index is 0.540. The summed E-state index contributed by atoms with van der Waals surface area (Å²) in [5.41, 5.74) is 0. The van der Waals surface area contributed by atoms with Crippen molar-refractivity contribution < 1.29 is 4.74 Å². The fraction of sp³-hybridized carbons (Fsp3) is 0.100. The average Bonchev–Trinajstić information content (AvgIpc) is 2.62. The Morgan fingerprint density at radius 2 is 2.27 bits per heavy atom. The van der Waals surface area contributed by atoms with Gasteiger partial charge in [-0.05, 0) is 22.0 Å². The lowest BCUT2D eigenvalue weighted by Gasteiger charge is -2.03. The van der Waals surface area contributed by atoms with Crippen molar-refractivity contribution in [3.8, 4) is 5.75 Å². The van der Waals surface area contributed by atoms with Gasteiger partial charge in [-0.3, -0.25) is 4.98 Å². The first-order valence-corrected chi connectivity index (χ1v) is 6.25. The fourth-order valence-corrected chi connectivity index (χ4v) is 2.58. The third-order valence-corrected chi connectivity index (χ3v) is 3.56. The van der Waals surface area contributed by atoms with Crippen molar-refractivity contribution in [2.24, 2.45) is 0 Å². The maximum atomic E-state index is 5.78. The summed E-state index contributed by atoms with van der Waals surface area (Å²) in [5.74, 6) is 0.687. The highest BCUT2D eigenvalue weighted by Gasteiger charge is 2.00. The normalized spacial score (nSPS) is 10.3. The molecule has 2 rings (SSSR count). The second-order valence-electron chi connectivity index (χ2n) is 2.86. The minimum Gasteiger partial charge on any atom is -0.486 e. The molecule has 78 valence electrons. The molecule has 0 spiro atoms. The maximum absolute atomic E-state index is 5.78. The summed E-state index contributed by atoms with van der Waals surface area (Å²) < 4.78 is 6.61. The first-order chi connectivity index (χ1) is 7.24. The summed E-state index contributed by atoms with van der Waals surface area (Å²) in [4.78, 5) is 5.09. The van der Waals surface area contributed by atoms with E-state index in [4.69, 9.17) is 16.3 Å². The molecule has 0 aliphatic carbocycles. The van der Waals surface area contributed by atoms with Crippen LogP contribution in [0.3, 0.4) is 0 Å². The molecule has 0 unspecified atom stereocenters. The Morgan fingerprint density at radius 1 is 1.40 bits per heavy atom. The third-order valence-electron chi connectivity index (χ3n) is 1.68. The molecule has 2 heterocycles. The second kappa shape index (κ2) is 4.96. The van der Waals surface area contributed by atoms with Crippen molar-refractivity contribution >= 4 is 38.9 Å². The molecule has 0 bridgehead atoms. The molecule has 0 aromatic carbocycles. The van der Waals surface area contributed by atoms with Gasteiger partial charge in [0.15, 0.2) is 0 Å². The monoisotopic (exact) mass is 303 g/mol. The molecular weight excluding hydrogens is 298 g/mol. The highest BCUT2D eigenvalue weighted by Crippen LogP contribution is 2.22. The van der Waals surface area contributed by atoms with E-state index < -0.39 is 0 Å². The molecule has 2 nitrogen and oxygen atoms in total. The lowest BCUT2D eigenvalue weighted by atomic mass is 10.4. The van der Waals surface area contributed by atoms with Crippen LogP contribution >= 0.6 is 38.9 Å². The summed E-state index contributed by atoms with van der Waals surface area (Å²) in [6, 6.07) is 3.78. The minimum absolute atomic E-state index is 0.540. The van der Waals surface area contributed by atoms with Gasteiger partial charge in [0.25, 0.3) is 0 Å². The Hall–Kier alpha value is -0.580. The molecule has 0 amide bonds. The van der Waals surface area contributed by atoms with E-state index in [-0.39, 0.29) is 0 Å². The molecule has 0 N–H and O–H groups in total. The van der Waals surface area contributed by atoms with E-state index in [0.29, 0.717) is 17.4 Å². The highest BCUT2D eigenvalue weighted by atomic mass is 79.9. The van der Waals surface area contributed by atoms with E-state index in [0.717, 1.165) is 9.35 Å². The topological polar surface area (TPSA) is 22.1 Å². The van der Waals surface area contributed by atoms with Crippen LogP contribution in [0.2, 0.25) is 5.02 Å². The molecule has 0 aliphatic heterocycles. The molecular formula is C10H7BrClNOS. The maximum Gasteiger partial charge on any atom is 0.139 e. The van der Waals surface area contributed by atoms with E-state index >= 15 is 0 Å². The molecule has 5 heteroatoms. The van der Waals surface area contributed by atoms with Gasteiger partial charge in [-0.15, -0.1) is 11.3 Å². The van der Waals surface area contributed by atoms with Gasteiger partial charge < -0.3 is 4.74 Å². The lowest BCUT2D eigenvalue weighted by Crippen LogP contribution is -1.92. The molecule has 0 saturated carbocycles. The third kappa shape index (κ3) is 3.19. The van der Waals surface area contributed by atoms with Gasteiger partial charge in [-0.2, -0.15) is 0 Å². The van der Waals surface area contributed by atoms with Crippen LogP contribution in [-0.4, -0.2) is 4.98 Å². The molecule has 0 radical (unpaired) electrons. The molecule has 2 aromatic heterocycles. The Labute approximate surface area is 105 Å². The van der Waals surface area contributed by atoms with Crippen molar-refractivity contribution in [2.45, 2.75) is 6.61 Å². The van der Waals surface area contributed by atoms with Crippen molar-refractivity contribution in [1.82, 2.24) is 4.98 Å². The Balaban J connectivity index is 1.99. The van der Waals surface area contributed by atoms with Gasteiger partial charge in [0, 0.05) is 27.0 Å². The second-order valence-corrected chi connectivity index (χ2v) is 5.21. The van der Waals surface area contributed by atoms with Gasteiger partial charge in [-0.25, -0.2) is 0 Å². The molecule has 0 aliphatic rings. The number of thiophene rings is 1. The largest absolute Gasteiger partial charge is 0.486 e. The first-order valence-electron chi connectivity index (χ1n) is 4.20. The van der Waals surface area contributed by atoms with Crippen LogP contribution in [0.1, 0.15) is 4.88 Å². The summed E-state index contributed by atoms with van der Waals surface area (Å²) in [7, 11) is 0. The standard InChI is InChI=1S/C10H7BrClNOS/c11-7-1-10(15-6-7)5-14-9-2-8(12)3-13-4-9/h1-4,6H,5H2. The van der Waals surface area contributed by atoms with Crippen LogP contribution in [0.5, 0.6) is 5.75 Å². The van der Waals surface area contributed by atoms with Crippen LogP contribution in [0.25, 0.3) is 0 Å².